The van der Waals surface area contributed by atoms with Crippen LogP contribution >= 0.6 is 0 Å². The number of furan rings is 1. The molecule has 0 bridgehead atoms. The molecule has 112 valence electrons. The average Bonchev–Trinajstić information content (AvgIpc) is 2.98. The zero-order valence-electron chi connectivity index (χ0n) is 12.6. The number of carbonyl (C=O) groups is 1. The Labute approximate surface area is 125 Å². The molecule has 2 rings (SSSR count). The minimum atomic E-state index is 0.0731. The van der Waals surface area contributed by atoms with E-state index < -0.39 is 0 Å². The van der Waals surface area contributed by atoms with Crippen molar-refractivity contribution in [3.8, 4) is 0 Å². The quantitative estimate of drug-likeness (QED) is 0.851. The molecule has 4 heteroatoms. The molecule has 0 saturated heterocycles. The van der Waals surface area contributed by atoms with Crippen molar-refractivity contribution in [1.29, 1.82) is 0 Å². The maximum atomic E-state index is 12.4. The fourth-order valence-electron chi connectivity index (χ4n) is 2.03. The van der Waals surface area contributed by atoms with E-state index in [0.717, 1.165) is 11.3 Å². The van der Waals surface area contributed by atoms with Gasteiger partial charge in [0.25, 0.3) is 0 Å². The van der Waals surface area contributed by atoms with Gasteiger partial charge in [-0.2, -0.15) is 0 Å². The average molecular weight is 286 g/mol. The molecule has 0 atom stereocenters. The van der Waals surface area contributed by atoms with Crippen LogP contribution in [0.1, 0.15) is 25.2 Å². The highest BCUT2D eigenvalue weighted by Crippen LogP contribution is 2.10. The first kappa shape index (κ1) is 15.3. The monoisotopic (exact) mass is 286 g/mol. The zero-order chi connectivity index (χ0) is 15.1. The molecule has 21 heavy (non-hydrogen) atoms. The Morgan fingerprint density at radius 1 is 1.14 bits per heavy atom. The van der Waals surface area contributed by atoms with Gasteiger partial charge in [0.15, 0.2) is 0 Å². The second kappa shape index (κ2) is 7.64. The highest BCUT2D eigenvalue weighted by atomic mass is 16.3. The lowest BCUT2D eigenvalue weighted by Crippen LogP contribution is -2.39. The van der Waals surface area contributed by atoms with Crippen LogP contribution in [0.25, 0.3) is 0 Å². The molecule has 0 spiro atoms. The number of nitrogens with zero attached hydrogens (tertiary/aromatic N) is 1. The molecule has 1 aromatic heterocycles. The summed E-state index contributed by atoms with van der Waals surface area (Å²) in [6, 6.07) is 14.0. The van der Waals surface area contributed by atoms with Gasteiger partial charge < -0.3 is 14.6 Å². The van der Waals surface area contributed by atoms with Gasteiger partial charge in [-0.05, 0) is 17.7 Å². The predicted octanol–water partition coefficient (Wildman–Crippen LogP) is 2.81. The molecule has 1 amide bonds. The number of nitrogens with one attached hydrogen (secondary N) is 1. The highest BCUT2D eigenvalue weighted by molar-refractivity contribution is 5.78. The number of carbonyl (C=O) groups excluding carboxylic acids is 1. The lowest BCUT2D eigenvalue weighted by Gasteiger charge is -2.22. The van der Waals surface area contributed by atoms with Crippen LogP contribution in [0.15, 0.2) is 53.1 Å². The minimum absolute atomic E-state index is 0.0731. The van der Waals surface area contributed by atoms with Crippen molar-refractivity contribution >= 4 is 5.91 Å². The predicted molar refractivity (Wildman–Crippen MR) is 82.5 cm³/mol. The van der Waals surface area contributed by atoms with Crippen molar-refractivity contribution in [3.05, 3.63) is 60.1 Å². The Hall–Kier alpha value is -2.07. The van der Waals surface area contributed by atoms with Crippen LogP contribution in [-0.4, -0.2) is 23.4 Å². The van der Waals surface area contributed by atoms with Crippen LogP contribution in [0, 0.1) is 0 Å². The summed E-state index contributed by atoms with van der Waals surface area (Å²) < 4.78 is 5.36. The summed E-state index contributed by atoms with van der Waals surface area (Å²) in [4.78, 5) is 14.2. The van der Waals surface area contributed by atoms with Gasteiger partial charge in [-0.1, -0.05) is 44.2 Å². The Morgan fingerprint density at radius 2 is 1.90 bits per heavy atom. The van der Waals surface area contributed by atoms with E-state index in [2.05, 4.69) is 5.32 Å². The second-order valence-electron chi connectivity index (χ2n) is 5.35. The largest absolute Gasteiger partial charge is 0.467 e. The van der Waals surface area contributed by atoms with E-state index in [1.165, 1.54) is 0 Å². The van der Waals surface area contributed by atoms with Crippen LogP contribution in [0.3, 0.4) is 0 Å². The van der Waals surface area contributed by atoms with Crippen LogP contribution in [0.5, 0.6) is 0 Å². The normalized spacial score (nSPS) is 10.8. The molecule has 0 radical (unpaired) electrons. The Bertz CT molecular complexity index is 535. The van der Waals surface area contributed by atoms with Crippen LogP contribution in [-0.2, 0) is 17.9 Å². The highest BCUT2D eigenvalue weighted by Gasteiger charge is 2.15. The van der Waals surface area contributed by atoms with Gasteiger partial charge in [-0.3, -0.25) is 4.79 Å². The third-order valence-electron chi connectivity index (χ3n) is 3.16. The van der Waals surface area contributed by atoms with Gasteiger partial charge in [-0.15, -0.1) is 0 Å². The van der Waals surface area contributed by atoms with Gasteiger partial charge in [0.05, 0.1) is 19.4 Å². The summed E-state index contributed by atoms with van der Waals surface area (Å²) in [7, 11) is 0. The summed E-state index contributed by atoms with van der Waals surface area (Å²) in [5.74, 6) is 0.868. The minimum Gasteiger partial charge on any atom is -0.467 e. The molecule has 0 saturated carbocycles. The molecule has 2 aromatic rings. The summed E-state index contributed by atoms with van der Waals surface area (Å²) in [5.41, 5.74) is 1.11. The van der Waals surface area contributed by atoms with Crippen molar-refractivity contribution in [3.63, 3.8) is 0 Å². The number of hydrogen-bond donors (Lipinski definition) is 1. The van der Waals surface area contributed by atoms with Crippen LogP contribution in [0.2, 0.25) is 0 Å². The smallest absolute Gasteiger partial charge is 0.237 e. The summed E-state index contributed by atoms with van der Waals surface area (Å²) in [6.45, 7) is 5.47. The van der Waals surface area contributed by atoms with E-state index in [1.807, 2.05) is 61.2 Å². The SMILES string of the molecule is CC(C)NCC(=O)N(Cc1ccccc1)Cc1ccco1. The number of rotatable bonds is 7. The van der Waals surface area contributed by atoms with Gasteiger partial charge in [0.2, 0.25) is 5.91 Å². The Balaban J connectivity index is 2.04. The molecule has 0 aliphatic heterocycles. The van der Waals surface area contributed by atoms with Gasteiger partial charge in [0.1, 0.15) is 5.76 Å². The van der Waals surface area contributed by atoms with E-state index in [4.69, 9.17) is 4.42 Å². The fourth-order valence-corrected chi connectivity index (χ4v) is 2.03. The number of amides is 1. The van der Waals surface area contributed by atoms with E-state index in [1.54, 1.807) is 6.26 Å². The van der Waals surface area contributed by atoms with Crippen molar-refractivity contribution in [2.24, 2.45) is 0 Å². The molecular weight excluding hydrogens is 264 g/mol. The van der Waals surface area contributed by atoms with Crippen LogP contribution in [0.4, 0.5) is 0 Å². The third kappa shape index (κ3) is 5.08. The van der Waals surface area contributed by atoms with Crippen molar-refractivity contribution in [2.45, 2.75) is 33.0 Å². The van der Waals surface area contributed by atoms with E-state index in [9.17, 15) is 4.79 Å². The lowest BCUT2D eigenvalue weighted by molar-refractivity contribution is -0.131. The van der Waals surface area contributed by atoms with Crippen LogP contribution < -0.4 is 5.32 Å². The maximum Gasteiger partial charge on any atom is 0.237 e. The summed E-state index contributed by atoms with van der Waals surface area (Å²) in [6.07, 6.45) is 1.63. The van der Waals surface area contributed by atoms with Crippen molar-refractivity contribution in [2.75, 3.05) is 6.54 Å². The summed E-state index contributed by atoms with van der Waals surface area (Å²) in [5, 5.41) is 3.17. The number of hydrogen-bond acceptors (Lipinski definition) is 3. The third-order valence-corrected chi connectivity index (χ3v) is 3.16. The van der Waals surface area contributed by atoms with Crippen molar-refractivity contribution in [1.82, 2.24) is 10.2 Å². The van der Waals surface area contributed by atoms with E-state index >= 15 is 0 Å². The first-order valence-corrected chi connectivity index (χ1v) is 7.22. The molecule has 0 unspecified atom stereocenters. The topological polar surface area (TPSA) is 45.5 Å². The maximum absolute atomic E-state index is 12.4. The van der Waals surface area contributed by atoms with Gasteiger partial charge in [0, 0.05) is 12.6 Å². The zero-order valence-corrected chi connectivity index (χ0v) is 12.6. The summed E-state index contributed by atoms with van der Waals surface area (Å²) >= 11 is 0. The fraction of sp³-hybridized carbons (Fsp3) is 0.353. The first-order chi connectivity index (χ1) is 10.1. The van der Waals surface area contributed by atoms with Gasteiger partial charge >= 0.3 is 0 Å². The Morgan fingerprint density at radius 3 is 2.52 bits per heavy atom. The molecular formula is C17H22N2O2. The molecule has 0 aliphatic rings. The molecule has 4 nitrogen and oxygen atoms in total. The molecule has 0 fully saturated rings. The van der Waals surface area contributed by atoms with Gasteiger partial charge in [-0.25, -0.2) is 0 Å². The van der Waals surface area contributed by atoms with E-state index in [0.29, 0.717) is 19.6 Å². The van der Waals surface area contributed by atoms with E-state index in [-0.39, 0.29) is 11.9 Å². The number of benzene rings is 1. The van der Waals surface area contributed by atoms with Crippen molar-refractivity contribution < 1.29 is 9.21 Å². The lowest BCUT2D eigenvalue weighted by atomic mass is 10.2. The first-order valence-electron chi connectivity index (χ1n) is 7.22. The molecule has 1 N–H and O–H groups in total. The standard InChI is InChI=1S/C17H22N2O2/c1-14(2)18-11-17(20)19(13-16-9-6-10-21-16)12-15-7-4-3-5-8-15/h3-10,14,18H,11-13H2,1-2H3. The molecule has 1 aromatic carbocycles. The second-order valence-corrected chi connectivity index (χ2v) is 5.35. The molecule has 0 aliphatic carbocycles. The molecule has 1 heterocycles. The Kier molecular flexibility index (Phi) is 5.58.